The molecule has 4 rings (SSSR count). The SMILES string of the molecule is CC(C)C(CC(=O)N1CCC[C@H](C(=O)O)[C@@H]1C)NC(=O)OCC1c2ccccc2-c2ccccc21. The maximum Gasteiger partial charge on any atom is 0.407 e. The van der Waals surface area contributed by atoms with Gasteiger partial charge in [-0.05, 0) is 47.9 Å². The molecule has 0 bridgehead atoms. The van der Waals surface area contributed by atoms with Crippen LogP contribution < -0.4 is 5.32 Å². The van der Waals surface area contributed by atoms with E-state index in [1.807, 2.05) is 38.1 Å². The minimum absolute atomic E-state index is 0.00907. The summed E-state index contributed by atoms with van der Waals surface area (Å²) in [6.07, 6.45) is 0.803. The highest BCUT2D eigenvalue weighted by atomic mass is 16.5. The van der Waals surface area contributed by atoms with E-state index in [9.17, 15) is 19.5 Å². The number of benzene rings is 2. The lowest BCUT2D eigenvalue weighted by Gasteiger charge is -2.38. The lowest BCUT2D eigenvalue weighted by Crippen LogP contribution is -2.51. The van der Waals surface area contributed by atoms with E-state index in [1.165, 1.54) is 0 Å². The van der Waals surface area contributed by atoms with Crippen molar-refractivity contribution in [2.45, 2.75) is 58.0 Å². The smallest absolute Gasteiger partial charge is 0.407 e. The fourth-order valence-corrected chi connectivity index (χ4v) is 5.38. The number of nitrogens with zero attached hydrogens (tertiary/aromatic N) is 1. The first-order valence-electron chi connectivity index (χ1n) is 12.4. The summed E-state index contributed by atoms with van der Waals surface area (Å²) in [5.41, 5.74) is 4.62. The molecule has 0 spiro atoms. The monoisotopic (exact) mass is 478 g/mol. The molecule has 35 heavy (non-hydrogen) atoms. The van der Waals surface area contributed by atoms with E-state index in [0.717, 1.165) is 22.3 Å². The molecule has 186 valence electrons. The molecule has 1 unspecified atom stereocenters. The van der Waals surface area contributed by atoms with Crippen molar-refractivity contribution in [3.8, 4) is 11.1 Å². The molecule has 0 aromatic heterocycles. The molecule has 1 aliphatic heterocycles. The van der Waals surface area contributed by atoms with Crippen molar-refractivity contribution in [2.75, 3.05) is 13.2 Å². The average Bonchev–Trinajstić information content (AvgIpc) is 3.16. The Balaban J connectivity index is 1.38. The number of hydrogen-bond acceptors (Lipinski definition) is 4. The largest absolute Gasteiger partial charge is 0.481 e. The lowest BCUT2D eigenvalue weighted by atomic mass is 9.89. The van der Waals surface area contributed by atoms with E-state index in [-0.39, 0.29) is 36.8 Å². The number of carboxylic acid groups (broad SMARTS) is 1. The van der Waals surface area contributed by atoms with Crippen LogP contribution in [0.15, 0.2) is 48.5 Å². The molecule has 0 radical (unpaired) electrons. The van der Waals surface area contributed by atoms with E-state index in [1.54, 1.807) is 11.8 Å². The second-order valence-corrected chi connectivity index (χ2v) is 9.94. The Morgan fingerprint density at radius 3 is 2.23 bits per heavy atom. The zero-order valence-electron chi connectivity index (χ0n) is 20.6. The summed E-state index contributed by atoms with van der Waals surface area (Å²) in [7, 11) is 0. The van der Waals surface area contributed by atoms with Gasteiger partial charge in [-0.3, -0.25) is 9.59 Å². The van der Waals surface area contributed by atoms with E-state index in [4.69, 9.17) is 4.74 Å². The molecule has 3 atom stereocenters. The number of carbonyl (C=O) groups is 3. The maximum atomic E-state index is 13.1. The van der Waals surface area contributed by atoms with Crippen molar-refractivity contribution in [3.05, 3.63) is 59.7 Å². The Morgan fingerprint density at radius 1 is 1.06 bits per heavy atom. The van der Waals surface area contributed by atoms with E-state index < -0.39 is 24.0 Å². The van der Waals surface area contributed by atoms with Crippen LogP contribution in [0.2, 0.25) is 0 Å². The topological polar surface area (TPSA) is 95.9 Å². The van der Waals surface area contributed by atoms with Crippen LogP contribution in [0.3, 0.4) is 0 Å². The van der Waals surface area contributed by atoms with Crippen LogP contribution >= 0.6 is 0 Å². The van der Waals surface area contributed by atoms with Crippen LogP contribution in [0.5, 0.6) is 0 Å². The van der Waals surface area contributed by atoms with Gasteiger partial charge in [0.1, 0.15) is 6.61 Å². The van der Waals surface area contributed by atoms with Crippen LogP contribution in [-0.4, -0.2) is 53.2 Å². The summed E-state index contributed by atoms with van der Waals surface area (Å²) < 4.78 is 5.66. The number of likely N-dealkylation sites (tertiary alicyclic amines) is 1. The normalized spacial score (nSPS) is 20.2. The number of hydrogen-bond donors (Lipinski definition) is 2. The van der Waals surface area contributed by atoms with Crippen molar-refractivity contribution in [2.24, 2.45) is 11.8 Å². The summed E-state index contributed by atoms with van der Waals surface area (Å²) in [6.45, 7) is 6.43. The van der Waals surface area contributed by atoms with Gasteiger partial charge in [-0.15, -0.1) is 0 Å². The van der Waals surface area contributed by atoms with Gasteiger partial charge < -0.3 is 20.1 Å². The molecule has 7 nitrogen and oxygen atoms in total. The van der Waals surface area contributed by atoms with Gasteiger partial charge in [0.05, 0.1) is 5.92 Å². The Bertz CT molecular complexity index is 1050. The first-order chi connectivity index (χ1) is 16.8. The van der Waals surface area contributed by atoms with E-state index >= 15 is 0 Å². The zero-order chi connectivity index (χ0) is 25.1. The number of carboxylic acids is 1. The summed E-state index contributed by atoms with van der Waals surface area (Å²) in [4.78, 5) is 39.0. The predicted molar refractivity (Wildman–Crippen MR) is 133 cm³/mol. The Hall–Kier alpha value is -3.35. The summed E-state index contributed by atoms with van der Waals surface area (Å²) in [5, 5.41) is 12.3. The summed E-state index contributed by atoms with van der Waals surface area (Å²) in [5.74, 6) is -1.59. The first kappa shape index (κ1) is 24.8. The van der Waals surface area contributed by atoms with Gasteiger partial charge in [-0.2, -0.15) is 0 Å². The zero-order valence-corrected chi connectivity index (χ0v) is 20.6. The number of aliphatic carboxylic acids is 1. The van der Waals surface area contributed by atoms with Crippen LogP contribution in [-0.2, 0) is 14.3 Å². The number of alkyl carbamates (subject to hydrolysis) is 1. The molecule has 2 aromatic carbocycles. The highest BCUT2D eigenvalue weighted by Gasteiger charge is 2.36. The lowest BCUT2D eigenvalue weighted by molar-refractivity contribution is -0.149. The second-order valence-electron chi connectivity index (χ2n) is 9.94. The molecule has 2 aliphatic rings. The molecule has 1 heterocycles. The van der Waals surface area contributed by atoms with Gasteiger partial charge in [0, 0.05) is 31.0 Å². The molecule has 2 N–H and O–H groups in total. The minimum atomic E-state index is -0.868. The number of rotatable bonds is 7. The number of ether oxygens (including phenoxy) is 1. The average molecular weight is 479 g/mol. The number of fused-ring (bicyclic) bond motifs is 3. The molecular formula is C28H34N2O5. The van der Waals surface area contributed by atoms with Crippen molar-refractivity contribution in [3.63, 3.8) is 0 Å². The molecule has 2 aromatic rings. The van der Waals surface area contributed by atoms with Crippen molar-refractivity contribution >= 4 is 18.0 Å². The highest BCUT2D eigenvalue weighted by molar-refractivity contribution is 5.81. The van der Waals surface area contributed by atoms with E-state index in [0.29, 0.717) is 19.4 Å². The Labute approximate surface area is 206 Å². The number of amides is 2. The molecule has 7 heteroatoms. The Kier molecular flexibility index (Phi) is 7.43. The fraction of sp³-hybridized carbons (Fsp3) is 0.464. The van der Waals surface area contributed by atoms with Gasteiger partial charge in [0.2, 0.25) is 5.91 Å². The maximum absolute atomic E-state index is 13.1. The molecular weight excluding hydrogens is 444 g/mol. The van der Waals surface area contributed by atoms with Crippen molar-refractivity contribution in [1.29, 1.82) is 0 Å². The molecule has 1 aliphatic carbocycles. The third kappa shape index (κ3) is 5.19. The highest BCUT2D eigenvalue weighted by Crippen LogP contribution is 2.44. The number of carbonyl (C=O) groups excluding carboxylic acids is 2. The van der Waals surface area contributed by atoms with Gasteiger partial charge >= 0.3 is 12.1 Å². The van der Waals surface area contributed by atoms with Gasteiger partial charge in [0.25, 0.3) is 0 Å². The van der Waals surface area contributed by atoms with Crippen molar-refractivity contribution in [1.82, 2.24) is 10.2 Å². The standard InChI is InChI=1S/C28H34N2O5/c1-17(2)25(15-26(31)30-14-8-13-19(18(30)3)27(32)33)29-28(34)35-16-24-22-11-6-4-9-20(22)21-10-5-7-12-23(21)24/h4-7,9-12,17-19,24-25H,8,13-16H2,1-3H3,(H,29,34)(H,32,33)/t18-,19-,25?/m0/s1. The molecule has 1 fully saturated rings. The van der Waals surface area contributed by atoms with Crippen LogP contribution in [0.1, 0.15) is 57.1 Å². The van der Waals surface area contributed by atoms with Gasteiger partial charge in [-0.25, -0.2) is 4.79 Å². The van der Waals surface area contributed by atoms with Crippen molar-refractivity contribution < 1.29 is 24.2 Å². The van der Waals surface area contributed by atoms with Crippen LogP contribution in [0, 0.1) is 11.8 Å². The van der Waals surface area contributed by atoms with Gasteiger partial charge in [0.15, 0.2) is 0 Å². The summed E-state index contributed by atoms with van der Waals surface area (Å²) in [6, 6.07) is 15.6. The predicted octanol–water partition coefficient (Wildman–Crippen LogP) is 4.65. The minimum Gasteiger partial charge on any atom is -0.481 e. The second kappa shape index (κ2) is 10.5. The fourth-order valence-electron chi connectivity index (χ4n) is 5.38. The van der Waals surface area contributed by atoms with E-state index in [2.05, 4.69) is 29.6 Å². The molecule has 0 saturated carbocycles. The molecule has 2 amide bonds. The van der Waals surface area contributed by atoms with Crippen LogP contribution in [0.4, 0.5) is 4.79 Å². The Morgan fingerprint density at radius 2 is 1.66 bits per heavy atom. The number of nitrogens with one attached hydrogen (secondary N) is 1. The molecule has 1 saturated heterocycles. The quantitative estimate of drug-likeness (QED) is 0.604. The third-order valence-corrected chi connectivity index (χ3v) is 7.47. The van der Waals surface area contributed by atoms with Gasteiger partial charge in [-0.1, -0.05) is 62.4 Å². The first-order valence-corrected chi connectivity index (χ1v) is 12.4. The van der Waals surface area contributed by atoms with Crippen LogP contribution in [0.25, 0.3) is 11.1 Å². The number of piperidine rings is 1. The summed E-state index contributed by atoms with van der Waals surface area (Å²) >= 11 is 0. The third-order valence-electron chi connectivity index (χ3n) is 7.47.